The summed E-state index contributed by atoms with van der Waals surface area (Å²) < 4.78 is 32.0. The van der Waals surface area contributed by atoms with Crippen LogP contribution in [0.3, 0.4) is 0 Å². The third kappa shape index (κ3) is 4.40. The molecule has 1 aliphatic rings. The second-order valence-corrected chi connectivity index (χ2v) is 8.11. The number of halogens is 1. The SMILES string of the molecule is COc1ccccc1C(=O)NS(=O)(=O)c1ccc(C(=O)NC2CC2)c(Cl)c1. The van der Waals surface area contributed by atoms with Gasteiger partial charge in [-0.25, -0.2) is 13.1 Å². The first-order valence-electron chi connectivity index (χ1n) is 8.12. The minimum Gasteiger partial charge on any atom is -0.496 e. The smallest absolute Gasteiger partial charge is 0.268 e. The summed E-state index contributed by atoms with van der Waals surface area (Å²) in [5.41, 5.74) is 0.258. The third-order valence-electron chi connectivity index (χ3n) is 3.99. The van der Waals surface area contributed by atoms with Crippen LogP contribution in [0.4, 0.5) is 0 Å². The fraction of sp³-hybridized carbons (Fsp3) is 0.222. The van der Waals surface area contributed by atoms with E-state index in [9.17, 15) is 18.0 Å². The Hall–Kier alpha value is -2.58. The van der Waals surface area contributed by atoms with Gasteiger partial charge in [-0.05, 0) is 43.2 Å². The molecule has 2 aromatic rings. The molecule has 0 aromatic heterocycles. The Morgan fingerprint density at radius 1 is 1.07 bits per heavy atom. The van der Waals surface area contributed by atoms with Crippen LogP contribution in [0.15, 0.2) is 47.4 Å². The monoisotopic (exact) mass is 408 g/mol. The molecule has 2 aromatic carbocycles. The van der Waals surface area contributed by atoms with Gasteiger partial charge in [-0.2, -0.15) is 0 Å². The number of para-hydroxylation sites is 1. The van der Waals surface area contributed by atoms with E-state index in [4.69, 9.17) is 16.3 Å². The summed E-state index contributed by atoms with van der Waals surface area (Å²) in [6.07, 6.45) is 1.84. The molecule has 27 heavy (non-hydrogen) atoms. The van der Waals surface area contributed by atoms with Gasteiger partial charge in [-0.15, -0.1) is 0 Å². The molecule has 7 nitrogen and oxygen atoms in total. The lowest BCUT2D eigenvalue weighted by Gasteiger charge is -2.11. The van der Waals surface area contributed by atoms with E-state index >= 15 is 0 Å². The Kier molecular flexibility index (Phi) is 5.38. The molecule has 1 fully saturated rings. The van der Waals surface area contributed by atoms with E-state index in [0.717, 1.165) is 18.9 Å². The number of carbonyl (C=O) groups excluding carboxylic acids is 2. The van der Waals surface area contributed by atoms with Crippen LogP contribution in [0.2, 0.25) is 5.02 Å². The number of carbonyl (C=O) groups is 2. The summed E-state index contributed by atoms with van der Waals surface area (Å²) >= 11 is 6.08. The fourth-order valence-corrected chi connectivity index (χ4v) is 3.73. The van der Waals surface area contributed by atoms with E-state index < -0.39 is 15.9 Å². The van der Waals surface area contributed by atoms with E-state index in [1.165, 1.54) is 25.3 Å². The Balaban J connectivity index is 1.81. The fourth-order valence-electron chi connectivity index (χ4n) is 2.41. The standard InChI is InChI=1S/C18H17ClN2O5S/c1-26-16-5-3-2-4-14(16)18(23)21-27(24,25)12-8-9-13(15(19)10-12)17(22)20-11-6-7-11/h2-5,8-11H,6-7H2,1H3,(H,20,22)(H,21,23). The lowest BCUT2D eigenvalue weighted by Crippen LogP contribution is -2.31. The Morgan fingerprint density at radius 2 is 1.78 bits per heavy atom. The number of methoxy groups -OCH3 is 1. The zero-order chi connectivity index (χ0) is 19.6. The summed E-state index contributed by atoms with van der Waals surface area (Å²) in [5.74, 6) is -0.945. The molecule has 0 saturated heterocycles. The number of rotatable bonds is 6. The van der Waals surface area contributed by atoms with Crippen LogP contribution < -0.4 is 14.8 Å². The molecule has 2 N–H and O–H groups in total. The number of ether oxygens (including phenoxy) is 1. The average molecular weight is 409 g/mol. The van der Waals surface area contributed by atoms with Gasteiger partial charge in [0.2, 0.25) is 0 Å². The van der Waals surface area contributed by atoms with Crippen LogP contribution >= 0.6 is 11.6 Å². The molecule has 2 amide bonds. The van der Waals surface area contributed by atoms with Gasteiger partial charge in [0.05, 0.1) is 28.2 Å². The molecule has 0 spiro atoms. The van der Waals surface area contributed by atoms with Crippen molar-refractivity contribution in [3.8, 4) is 5.75 Å². The highest BCUT2D eigenvalue weighted by Gasteiger charge is 2.26. The van der Waals surface area contributed by atoms with Crippen LogP contribution in [-0.2, 0) is 10.0 Å². The topological polar surface area (TPSA) is 102 Å². The molecule has 0 radical (unpaired) electrons. The Labute approximate surface area is 161 Å². The summed E-state index contributed by atoms with van der Waals surface area (Å²) in [4.78, 5) is 24.2. The molecule has 0 unspecified atom stereocenters. The minimum atomic E-state index is -4.18. The van der Waals surface area contributed by atoms with E-state index in [0.29, 0.717) is 0 Å². The molecule has 1 aliphatic carbocycles. The van der Waals surface area contributed by atoms with Crippen molar-refractivity contribution in [1.82, 2.24) is 10.0 Å². The quantitative estimate of drug-likeness (QED) is 0.764. The first-order valence-corrected chi connectivity index (χ1v) is 9.98. The predicted molar refractivity (Wildman–Crippen MR) is 99.6 cm³/mol. The normalized spacial score (nSPS) is 13.7. The summed E-state index contributed by atoms with van der Waals surface area (Å²) in [6, 6.07) is 10.1. The molecule has 0 bridgehead atoms. The van der Waals surface area contributed by atoms with Gasteiger partial charge < -0.3 is 10.1 Å². The van der Waals surface area contributed by atoms with E-state index in [1.807, 2.05) is 4.72 Å². The zero-order valence-electron chi connectivity index (χ0n) is 14.4. The molecular weight excluding hydrogens is 392 g/mol. The van der Waals surface area contributed by atoms with Gasteiger partial charge >= 0.3 is 0 Å². The Bertz CT molecular complexity index is 1000. The van der Waals surface area contributed by atoms with Crippen LogP contribution in [-0.4, -0.2) is 33.4 Å². The van der Waals surface area contributed by atoms with Crippen molar-refractivity contribution in [2.24, 2.45) is 0 Å². The van der Waals surface area contributed by atoms with Gasteiger partial charge in [0, 0.05) is 6.04 Å². The highest BCUT2D eigenvalue weighted by atomic mass is 35.5. The number of nitrogens with one attached hydrogen (secondary N) is 2. The van der Waals surface area contributed by atoms with Gasteiger partial charge in [-0.3, -0.25) is 9.59 Å². The first kappa shape index (κ1) is 19.2. The van der Waals surface area contributed by atoms with Crippen molar-refractivity contribution in [3.05, 3.63) is 58.6 Å². The zero-order valence-corrected chi connectivity index (χ0v) is 15.9. The summed E-state index contributed by atoms with van der Waals surface area (Å²) in [6.45, 7) is 0. The van der Waals surface area contributed by atoms with Gasteiger partial charge in [0.1, 0.15) is 5.75 Å². The summed E-state index contributed by atoms with van der Waals surface area (Å²) in [7, 11) is -2.80. The molecule has 0 aliphatic heterocycles. The van der Waals surface area contributed by atoms with Crippen LogP contribution in [0, 0.1) is 0 Å². The van der Waals surface area contributed by atoms with Crippen molar-refractivity contribution in [2.45, 2.75) is 23.8 Å². The molecule has 142 valence electrons. The first-order chi connectivity index (χ1) is 12.8. The van der Waals surface area contributed by atoms with Gasteiger partial charge in [0.25, 0.3) is 21.8 Å². The molecule has 1 saturated carbocycles. The number of hydrogen-bond donors (Lipinski definition) is 2. The highest BCUT2D eigenvalue weighted by molar-refractivity contribution is 7.90. The molecule has 0 atom stereocenters. The maximum atomic E-state index is 12.5. The third-order valence-corrected chi connectivity index (χ3v) is 5.63. The Morgan fingerprint density at radius 3 is 2.41 bits per heavy atom. The second-order valence-electron chi connectivity index (χ2n) is 6.02. The largest absolute Gasteiger partial charge is 0.496 e. The van der Waals surface area contributed by atoms with E-state index in [-0.39, 0.29) is 38.7 Å². The maximum absolute atomic E-state index is 12.5. The molecule has 3 rings (SSSR count). The lowest BCUT2D eigenvalue weighted by atomic mass is 10.2. The molecule has 0 heterocycles. The average Bonchev–Trinajstić information content (AvgIpc) is 3.45. The van der Waals surface area contributed by atoms with Crippen molar-refractivity contribution >= 4 is 33.4 Å². The van der Waals surface area contributed by atoms with E-state index in [1.54, 1.807) is 18.2 Å². The number of benzene rings is 2. The van der Waals surface area contributed by atoms with Crippen molar-refractivity contribution < 1.29 is 22.7 Å². The summed E-state index contributed by atoms with van der Waals surface area (Å²) in [5, 5.41) is 2.77. The minimum absolute atomic E-state index is 0.0132. The van der Waals surface area contributed by atoms with Crippen molar-refractivity contribution in [3.63, 3.8) is 0 Å². The molecule has 9 heteroatoms. The van der Waals surface area contributed by atoms with Crippen LogP contribution in [0.1, 0.15) is 33.6 Å². The predicted octanol–water partition coefficient (Wildman–Crippen LogP) is 2.36. The number of sulfonamides is 1. The second kappa shape index (κ2) is 7.58. The van der Waals surface area contributed by atoms with Gasteiger partial charge in [-0.1, -0.05) is 23.7 Å². The van der Waals surface area contributed by atoms with Crippen LogP contribution in [0.5, 0.6) is 5.75 Å². The maximum Gasteiger partial charge on any atom is 0.268 e. The lowest BCUT2D eigenvalue weighted by molar-refractivity contribution is 0.0948. The highest BCUT2D eigenvalue weighted by Crippen LogP contribution is 2.24. The van der Waals surface area contributed by atoms with Crippen molar-refractivity contribution in [1.29, 1.82) is 0 Å². The van der Waals surface area contributed by atoms with Gasteiger partial charge in [0.15, 0.2) is 0 Å². The van der Waals surface area contributed by atoms with Crippen molar-refractivity contribution in [2.75, 3.05) is 7.11 Å². The molecular formula is C18H17ClN2O5S. The van der Waals surface area contributed by atoms with E-state index in [2.05, 4.69) is 5.32 Å². The number of amides is 2. The van der Waals surface area contributed by atoms with Crippen LogP contribution in [0.25, 0.3) is 0 Å². The number of hydrogen-bond acceptors (Lipinski definition) is 5.